The van der Waals surface area contributed by atoms with Crippen molar-refractivity contribution in [2.75, 3.05) is 0 Å². The summed E-state index contributed by atoms with van der Waals surface area (Å²) < 4.78 is 0. The van der Waals surface area contributed by atoms with Gasteiger partial charge in [-0.05, 0) is 29.6 Å². The third-order valence-corrected chi connectivity index (χ3v) is 4.99. The van der Waals surface area contributed by atoms with Crippen molar-refractivity contribution in [2.45, 2.75) is 67.4 Å². The van der Waals surface area contributed by atoms with Crippen LogP contribution in [-0.2, 0) is 0 Å². The van der Waals surface area contributed by atoms with Crippen LogP contribution in [-0.4, -0.2) is 11.2 Å². The van der Waals surface area contributed by atoms with Gasteiger partial charge in [-0.1, -0.05) is 61.3 Å². The molecule has 0 aromatic carbocycles. The van der Waals surface area contributed by atoms with Gasteiger partial charge in [0.25, 0.3) is 0 Å². The number of aliphatic hydroxyl groups excluding tert-OH is 1. The maximum atomic E-state index is 10.4. The molecule has 1 N–H and O–H groups in total. The molecule has 0 spiro atoms. The van der Waals surface area contributed by atoms with E-state index in [4.69, 9.17) is 0 Å². The van der Waals surface area contributed by atoms with Crippen molar-refractivity contribution in [2.24, 2.45) is 29.6 Å². The lowest BCUT2D eigenvalue weighted by atomic mass is 9.74. The molecular weight excluding hydrogens is 196 g/mol. The van der Waals surface area contributed by atoms with E-state index < -0.39 is 0 Å². The van der Waals surface area contributed by atoms with Crippen molar-refractivity contribution < 1.29 is 5.11 Å². The monoisotopic (exact) mass is 228 g/mol. The van der Waals surface area contributed by atoms with Gasteiger partial charge in [-0.15, -0.1) is 0 Å². The maximum Gasteiger partial charge on any atom is 0.0596 e. The van der Waals surface area contributed by atoms with Crippen LogP contribution in [0.4, 0.5) is 0 Å². The van der Waals surface area contributed by atoms with Crippen LogP contribution in [0.5, 0.6) is 0 Å². The van der Waals surface area contributed by atoms with E-state index in [0.29, 0.717) is 29.6 Å². The molecule has 0 rings (SSSR count). The van der Waals surface area contributed by atoms with Gasteiger partial charge in [0.15, 0.2) is 0 Å². The fourth-order valence-electron chi connectivity index (χ4n) is 2.39. The second kappa shape index (κ2) is 7.32. The predicted molar refractivity (Wildman–Crippen MR) is 72.4 cm³/mol. The first-order valence-electron chi connectivity index (χ1n) is 7.04. The van der Waals surface area contributed by atoms with Crippen molar-refractivity contribution in [3.8, 4) is 0 Å². The van der Waals surface area contributed by atoms with Crippen LogP contribution in [0.3, 0.4) is 0 Å². The number of aliphatic hydroxyl groups is 1. The summed E-state index contributed by atoms with van der Waals surface area (Å²) in [7, 11) is 0. The molecule has 0 aliphatic carbocycles. The summed E-state index contributed by atoms with van der Waals surface area (Å²) in [6.45, 7) is 15.7. The van der Waals surface area contributed by atoms with Crippen LogP contribution in [0, 0.1) is 29.6 Å². The zero-order valence-electron chi connectivity index (χ0n) is 12.3. The Balaban J connectivity index is 4.41. The van der Waals surface area contributed by atoms with Gasteiger partial charge in [0, 0.05) is 0 Å². The second-order valence-electron chi connectivity index (χ2n) is 5.84. The average molecular weight is 228 g/mol. The SMILES string of the molecule is CCC(C)C(C)C(C)C(O)C(C)C(C)CC. The number of rotatable bonds is 7. The highest BCUT2D eigenvalue weighted by Crippen LogP contribution is 2.31. The van der Waals surface area contributed by atoms with E-state index in [9.17, 15) is 5.11 Å². The average Bonchev–Trinajstić information content (AvgIpc) is 2.32. The molecule has 0 saturated heterocycles. The summed E-state index contributed by atoms with van der Waals surface area (Å²) in [5.41, 5.74) is 0. The smallest absolute Gasteiger partial charge is 0.0596 e. The molecule has 0 aromatic heterocycles. The van der Waals surface area contributed by atoms with Gasteiger partial charge in [-0.25, -0.2) is 0 Å². The summed E-state index contributed by atoms with van der Waals surface area (Å²) in [4.78, 5) is 0. The zero-order valence-corrected chi connectivity index (χ0v) is 12.3. The van der Waals surface area contributed by atoms with Crippen molar-refractivity contribution >= 4 is 0 Å². The third kappa shape index (κ3) is 4.08. The minimum atomic E-state index is -0.154. The Morgan fingerprint density at radius 2 is 1.06 bits per heavy atom. The molecule has 0 fully saturated rings. The standard InChI is InChI=1S/C15H32O/c1-8-10(3)12(5)14(7)15(16)13(6)11(4)9-2/h10-16H,8-9H2,1-7H3. The van der Waals surface area contributed by atoms with Crippen LogP contribution in [0.15, 0.2) is 0 Å². The van der Waals surface area contributed by atoms with E-state index in [0.717, 1.165) is 6.42 Å². The molecule has 0 heterocycles. The Bertz CT molecular complexity index is 158. The Hall–Kier alpha value is -0.0400. The zero-order chi connectivity index (χ0) is 12.9. The highest BCUT2D eigenvalue weighted by atomic mass is 16.3. The van der Waals surface area contributed by atoms with Gasteiger partial charge in [-0.3, -0.25) is 0 Å². The lowest BCUT2D eigenvalue weighted by Crippen LogP contribution is -2.35. The Morgan fingerprint density at radius 3 is 1.44 bits per heavy atom. The molecule has 0 aromatic rings. The quantitative estimate of drug-likeness (QED) is 0.687. The first-order valence-corrected chi connectivity index (χ1v) is 7.04. The largest absolute Gasteiger partial charge is 0.393 e. The molecule has 0 aliphatic rings. The van der Waals surface area contributed by atoms with Gasteiger partial charge in [-0.2, -0.15) is 0 Å². The minimum absolute atomic E-state index is 0.154. The summed E-state index contributed by atoms with van der Waals surface area (Å²) >= 11 is 0. The van der Waals surface area contributed by atoms with Crippen molar-refractivity contribution in [1.29, 1.82) is 0 Å². The second-order valence-corrected chi connectivity index (χ2v) is 5.84. The molecule has 6 unspecified atom stereocenters. The lowest BCUT2D eigenvalue weighted by molar-refractivity contribution is 0.00934. The number of hydrogen-bond acceptors (Lipinski definition) is 1. The summed E-state index contributed by atoms with van der Waals surface area (Å²) in [5.74, 6) is 2.73. The third-order valence-electron chi connectivity index (χ3n) is 4.99. The summed E-state index contributed by atoms with van der Waals surface area (Å²) in [5, 5.41) is 10.4. The van der Waals surface area contributed by atoms with Crippen LogP contribution >= 0.6 is 0 Å². The van der Waals surface area contributed by atoms with Crippen molar-refractivity contribution in [3.63, 3.8) is 0 Å². The van der Waals surface area contributed by atoms with Crippen molar-refractivity contribution in [1.82, 2.24) is 0 Å². The maximum absolute atomic E-state index is 10.4. The topological polar surface area (TPSA) is 20.2 Å². The van der Waals surface area contributed by atoms with E-state index in [1.165, 1.54) is 6.42 Å². The highest BCUT2D eigenvalue weighted by molar-refractivity contribution is 4.79. The fourth-order valence-corrected chi connectivity index (χ4v) is 2.39. The van der Waals surface area contributed by atoms with E-state index in [-0.39, 0.29) is 6.10 Å². The van der Waals surface area contributed by atoms with E-state index in [1.807, 2.05) is 0 Å². The van der Waals surface area contributed by atoms with Crippen LogP contribution in [0.25, 0.3) is 0 Å². The fraction of sp³-hybridized carbons (Fsp3) is 1.00. The lowest BCUT2D eigenvalue weighted by Gasteiger charge is -2.34. The van der Waals surface area contributed by atoms with E-state index >= 15 is 0 Å². The van der Waals surface area contributed by atoms with E-state index in [1.54, 1.807) is 0 Å². The molecule has 0 amide bonds. The highest BCUT2D eigenvalue weighted by Gasteiger charge is 2.29. The van der Waals surface area contributed by atoms with Gasteiger partial charge in [0.2, 0.25) is 0 Å². The van der Waals surface area contributed by atoms with Crippen molar-refractivity contribution in [3.05, 3.63) is 0 Å². The first kappa shape index (κ1) is 16.0. The molecule has 1 heteroatoms. The Morgan fingerprint density at radius 1 is 0.688 bits per heavy atom. The normalized spacial score (nSPS) is 23.2. The molecule has 6 atom stereocenters. The Labute approximate surface area is 103 Å². The molecule has 0 aliphatic heterocycles. The van der Waals surface area contributed by atoms with Gasteiger partial charge >= 0.3 is 0 Å². The molecule has 0 radical (unpaired) electrons. The van der Waals surface area contributed by atoms with Gasteiger partial charge < -0.3 is 5.11 Å². The van der Waals surface area contributed by atoms with Gasteiger partial charge in [0.1, 0.15) is 0 Å². The Kier molecular flexibility index (Phi) is 7.30. The molecule has 98 valence electrons. The molecular formula is C15H32O. The first-order chi connectivity index (χ1) is 7.36. The summed E-state index contributed by atoms with van der Waals surface area (Å²) in [6, 6.07) is 0. The molecule has 0 saturated carbocycles. The van der Waals surface area contributed by atoms with Crippen LogP contribution in [0.1, 0.15) is 61.3 Å². The molecule has 0 bridgehead atoms. The minimum Gasteiger partial charge on any atom is -0.393 e. The predicted octanol–water partition coefficient (Wildman–Crippen LogP) is 4.35. The summed E-state index contributed by atoms with van der Waals surface area (Å²) in [6.07, 6.45) is 2.21. The number of hydrogen-bond donors (Lipinski definition) is 1. The van der Waals surface area contributed by atoms with E-state index in [2.05, 4.69) is 48.5 Å². The van der Waals surface area contributed by atoms with Gasteiger partial charge in [0.05, 0.1) is 6.10 Å². The molecule has 16 heavy (non-hydrogen) atoms. The molecule has 1 nitrogen and oxygen atoms in total. The van der Waals surface area contributed by atoms with Crippen LogP contribution < -0.4 is 0 Å². The van der Waals surface area contributed by atoms with Crippen LogP contribution in [0.2, 0.25) is 0 Å².